The molecule has 3 aromatic carbocycles. The van der Waals surface area contributed by atoms with Crippen LogP contribution in [0.1, 0.15) is 35.6 Å². The molecule has 12 nitrogen and oxygen atoms in total. The lowest BCUT2D eigenvalue weighted by Crippen LogP contribution is -2.45. The van der Waals surface area contributed by atoms with Crippen LogP contribution in [0.3, 0.4) is 0 Å². The van der Waals surface area contributed by atoms with Gasteiger partial charge >= 0.3 is 5.97 Å². The van der Waals surface area contributed by atoms with E-state index >= 15 is 0 Å². The topological polar surface area (TPSA) is 155 Å². The fraction of sp³-hybridized carbons (Fsp3) is 0.353. The molecule has 2 amide bonds. The average Bonchev–Trinajstić information content (AvgIpc) is 3.06. The Bertz CT molecular complexity index is 1740. The molecule has 0 aliphatic heterocycles. The summed E-state index contributed by atoms with van der Waals surface area (Å²) in [6, 6.07) is 19.0. The summed E-state index contributed by atoms with van der Waals surface area (Å²) in [7, 11) is -0.363. The molecule has 3 rings (SSSR count). The molecular formula is C34H42Cl2N6O6S. The number of nitrogens with one attached hydrogen (secondary N) is 1. The molecular weight excluding hydrogens is 691 g/mol. The van der Waals surface area contributed by atoms with Crippen LogP contribution in [-0.2, 0) is 42.2 Å². The monoisotopic (exact) mass is 732 g/mol. The van der Waals surface area contributed by atoms with Crippen molar-refractivity contribution >= 4 is 56.8 Å². The zero-order valence-electron chi connectivity index (χ0n) is 28.0. The highest BCUT2D eigenvalue weighted by molar-refractivity contribution is 7.89. The summed E-state index contributed by atoms with van der Waals surface area (Å²) in [5.74, 6) is -1.56. The quantitative estimate of drug-likeness (QED) is 0.0920. The molecule has 0 heterocycles. The standard InChI is InChI=1S/C34H42Cl2N6O6S/c1-24-29(35)15-16-30(33(24)36)49(46,47)42(20-17-26-9-6-5-7-10-26)23-31(44)38-21-32(45)41(19-8-18-40(3)4)22-27-11-13-28(14-12-27)34(37)39-48-25(2)43/h5-7,9-16H,8,17-23H2,1-4H3,(H2,37,39)(H,38,44). The van der Waals surface area contributed by atoms with E-state index in [2.05, 4.69) is 15.3 Å². The minimum absolute atomic E-state index is 0.00548. The Morgan fingerprint density at radius 1 is 0.918 bits per heavy atom. The molecule has 0 spiro atoms. The first kappa shape index (κ1) is 39.4. The van der Waals surface area contributed by atoms with E-state index in [1.54, 1.807) is 36.1 Å². The molecule has 0 aliphatic rings. The molecule has 0 fully saturated rings. The summed E-state index contributed by atoms with van der Waals surface area (Å²) in [4.78, 5) is 45.7. The molecule has 0 bridgehead atoms. The maximum atomic E-state index is 13.8. The summed E-state index contributed by atoms with van der Waals surface area (Å²) in [5, 5.41) is 6.49. The van der Waals surface area contributed by atoms with Gasteiger partial charge in [-0.25, -0.2) is 13.2 Å². The van der Waals surface area contributed by atoms with E-state index in [-0.39, 0.29) is 41.3 Å². The van der Waals surface area contributed by atoms with Gasteiger partial charge in [0.1, 0.15) is 4.90 Å². The number of halogens is 2. The van der Waals surface area contributed by atoms with Crippen LogP contribution in [0.15, 0.2) is 76.8 Å². The second-order valence-electron chi connectivity index (χ2n) is 11.6. The van der Waals surface area contributed by atoms with Gasteiger partial charge in [0.15, 0.2) is 5.84 Å². The van der Waals surface area contributed by atoms with Gasteiger partial charge < -0.3 is 25.7 Å². The molecule has 0 saturated heterocycles. The van der Waals surface area contributed by atoms with Gasteiger partial charge in [-0.2, -0.15) is 4.31 Å². The third kappa shape index (κ3) is 12.1. The van der Waals surface area contributed by atoms with Crippen LogP contribution < -0.4 is 11.1 Å². The van der Waals surface area contributed by atoms with Crippen molar-refractivity contribution in [2.75, 3.05) is 46.8 Å². The van der Waals surface area contributed by atoms with Gasteiger partial charge in [-0.1, -0.05) is 83.0 Å². The number of rotatable bonds is 17. The highest BCUT2D eigenvalue weighted by atomic mass is 35.5. The Labute approximate surface area is 297 Å². The van der Waals surface area contributed by atoms with Crippen molar-refractivity contribution in [2.45, 2.75) is 38.1 Å². The molecule has 15 heteroatoms. The molecule has 0 atom stereocenters. The highest BCUT2D eigenvalue weighted by Crippen LogP contribution is 2.32. The third-order valence-corrected chi connectivity index (χ3v) is 10.3. The summed E-state index contributed by atoms with van der Waals surface area (Å²) in [5.41, 5.74) is 8.50. The fourth-order valence-corrected chi connectivity index (χ4v) is 6.88. The predicted octanol–water partition coefficient (Wildman–Crippen LogP) is 3.82. The maximum absolute atomic E-state index is 13.8. The number of hydrogen-bond donors (Lipinski definition) is 2. The van der Waals surface area contributed by atoms with Gasteiger partial charge in [-0.15, -0.1) is 0 Å². The average molecular weight is 734 g/mol. The number of carbonyl (C=O) groups is 3. The second kappa shape index (κ2) is 18.7. The minimum atomic E-state index is -4.23. The predicted molar refractivity (Wildman–Crippen MR) is 191 cm³/mol. The SMILES string of the molecule is CC(=O)ON=C(N)c1ccc(CN(CCCN(C)C)C(=O)CNC(=O)CN(CCc2ccccc2)S(=O)(=O)c2ccc(Cl)c(C)c2Cl)cc1. The number of carbonyl (C=O) groups excluding carboxylic acids is 3. The van der Waals surface area contributed by atoms with Gasteiger partial charge in [0.05, 0.1) is 18.1 Å². The molecule has 0 aromatic heterocycles. The Morgan fingerprint density at radius 3 is 2.22 bits per heavy atom. The summed E-state index contributed by atoms with van der Waals surface area (Å²) in [6.07, 6.45) is 1.02. The zero-order valence-corrected chi connectivity index (χ0v) is 30.3. The molecule has 0 aliphatic carbocycles. The van der Waals surface area contributed by atoms with E-state index in [1.807, 2.05) is 49.3 Å². The summed E-state index contributed by atoms with van der Waals surface area (Å²) in [6.45, 7) is 3.35. The first-order chi connectivity index (χ1) is 23.2. The lowest BCUT2D eigenvalue weighted by atomic mass is 10.1. The van der Waals surface area contributed by atoms with Crippen molar-refractivity contribution < 1.29 is 27.6 Å². The fourth-order valence-electron chi connectivity index (χ4n) is 4.70. The van der Waals surface area contributed by atoms with Crippen LogP contribution >= 0.6 is 23.2 Å². The van der Waals surface area contributed by atoms with Gasteiger partial charge in [0.25, 0.3) is 0 Å². The normalized spacial score (nSPS) is 11.9. The van der Waals surface area contributed by atoms with Crippen LogP contribution in [0.5, 0.6) is 0 Å². The molecule has 264 valence electrons. The Balaban J connectivity index is 1.74. The second-order valence-corrected chi connectivity index (χ2v) is 14.3. The molecule has 49 heavy (non-hydrogen) atoms. The molecule has 0 saturated carbocycles. The zero-order chi connectivity index (χ0) is 36.1. The number of nitrogens with two attached hydrogens (primary N) is 1. The van der Waals surface area contributed by atoms with E-state index in [0.717, 1.165) is 22.0 Å². The molecule has 3 aromatic rings. The number of oxime groups is 1. The van der Waals surface area contributed by atoms with Crippen LogP contribution in [0.4, 0.5) is 0 Å². The lowest BCUT2D eigenvalue weighted by molar-refractivity contribution is -0.141. The Kier molecular flexibility index (Phi) is 15.0. The van der Waals surface area contributed by atoms with Crippen molar-refractivity contribution in [3.8, 4) is 0 Å². The van der Waals surface area contributed by atoms with Gasteiger partial charge in [0.2, 0.25) is 21.8 Å². The summed E-state index contributed by atoms with van der Waals surface area (Å²) >= 11 is 12.6. The first-order valence-corrected chi connectivity index (χ1v) is 17.7. The van der Waals surface area contributed by atoms with Crippen molar-refractivity contribution in [1.82, 2.24) is 19.4 Å². The number of benzene rings is 3. The van der Waals surface area contributed by atoms with E-state index < -0.39 is 28.4 Å². The van der Waals surface area contributed by atoms with Crippen LogP contribution in [0.25, 0.3) is 0 Å². The third-order valence-electron chi connectivity index (χ3n) is 7.43. The summed E-state index contributed by atoms with van der Waals surface area (Å²) < 4.78 is 28.7. The number of nitrogens with zero attached hydrogens (tertiary/aromatic N) is 4. The van der Waals surface area contributed by atoms with Crippen molar-refractivity contribution in [3.05, 3.63) is 99.0 Å². The maximum Gasteiger partial charge on any atom is 0.332 e. The van der Waals surface area contributed by atoms with Crippen molar-refractivity contribution in [2.24, 2.45) is 10.9 Å². The largest absolute Gasteiger partial charge is 0.380 e. The van der Waals surface area contributed by atoms with Crippen molar-refractivity contribution in [3.63, 3.8) is 0 Å². The van der Waals surface area contributed by atoms with Gasteiger partial charge in [-0.3, -0.25) is 9.59 Å². The van der Waals surface area contributed by atoms with Crippen molar-refractivity contribution in [1.29, 1.82) is 0 Å². The number of amides is 2. The van der Waals surface area contributed by atoms with E-state index in [9.17, 15) is 22.8 Å². The molecule has 3 N–H and O–H groups in total. The van der Waals surface area contributed by atoms with Gasteiger partial charge in [0, 0.05) is 37.1 Å². The Hall–Kier alpha value is -4.01. The number of amidine groups is 1. The van der Waals surface area contributed by atoms with Gasteiger partial charge in [-0.05, 0) is 69.2 Å². The molecule has 0 unspecified atom stereocenters. The van der Waals surface area contributed by atoms with Crippen LogP contribution in [0.2, 0.25) is 10.0 Å². The number of sulfonamides is 1. The molecule has 0 radical (unpaired) electrons. The van der Waals surface area contributed by atoms with E-state index in [0.29, 0.717) is 35.5 Å². The first-order valence-electron chi connectivity index (χ1n) is 15.5. The highest BCUT2D eigenvalue weighted by Gasteiger charge is 2.30. The van der Waals surface area contributed by atoms with Crippen LogP contribution in [-0.4, -0.2) is 93.0 Å². The smallest absolute Gasteiger partial charge is 0.332 e. The number of hydrogen-bond acceptors (Lipinski definition) is 8. The Morgan fingerprint density at radius 2 is 1.59 bits per heavy atom. The lowest BCUT2D eigenvalue weighted by Gasteiger charge is -2.25. The van der Waals surface area contributed by atoms with Crippen LogP contribution in [0, 0.1) is 6.92 Å². The van der Waals surface area contributed by atoms with E-state index in [1.165, 1.54) is 19.1 Å². The minimum Gasteiger partial charge on any atom is -0.380 e. The van der Waals surface area contributed by atoms with E-state index in [4.69, 9.17) is 28.9 Å².